The molecule has 2 aromatic rings. The highest BCUT2D eigenvalue weighted by Crippen LogP contribution is 2.40. The molecule has 3 rings (SSSR count). The molecule has 1 amide bonds. The summed E-state index contributed by atoms with van der Waals surface area (Å²) in [6, 6.07) is 17.1. The van der Waals surface area contributed by atoms with E-state index in [0.29, 0.717) is 5.56 Å². The fraction of sp³-hybridized carbons (Fsp3) is 0.350. The molecule has 0 bridgehead atoms. The molecule has 1 saturated heterocycles. The zero-order valence-electron chi connectivity index (χ0n) is 15.5. The number of carbonyl (C=O) groups is 1. The average molecular weight is 416 g/mol. The van der Waals surface area contributed by atoms with Crippen LogP contribution in [-0.2, 0) is 9.31 Å². The molecule has 0 aliphatic carbocycles. The Morgan fingerprint density at radius 1 is 0.962 bits per heavy atom. The lowest BCUT2D eigenvalue weighted by atomic mass is 9.74. The molecular formula is C20H23BBrNO3. The Morgan fingerprint density at radius 3 is 2.08 bits per heavy atom. The third-order valence-corrected chi connectivity index (χ3v) is 5.80. The Kier molecular flexibility index (Phi) is 5.29. The highest BCUT2D eigenvalue weighted by Gasteiger charge is 2.54. The van der Waals surface area contributed by atoms with Crippen LogP contribution in [0, 0.1) is 0 Å². The molecule has 6 heteroatoms. The molecule has 26 heavy (non-hydrogen) atoms. The zero-order valence-corrected chi connectivity index (χ0v) is 17.0. The second-order valence-electron chi connectivity index (χ2n) is 7.47. The Hall–Kier alpha value is -1.63. The van der Waals surface area contributed by atoms with Crippen LogP contribution in [0.2, 0.25) is 0 Å². The first-order valence-electron chi connectivity index (χ1n) is 8.67. The first kappa shape index (κ1) is 19.1. The van der Waals surface area contributed by atoms with Gasteiger partial charge in [0.1, 0.15) is 0 Å². The van der Waals surface area contributed by atoms with E-state index < -0.39 is 24.3 Å². The van der Waals surface area contributed by atoms with Gasteiger partial charge in [0.05, 0.1) is 22.7 Å². The Balaban J connectivity index is 1.91. The van der Waals surface area contributed by atoms with Crippen LogP contribution in [-0.4, -0.2) is 24.2 Å². The van der Waals surface area contributed by atoms with E-state index in [2.05, 4.69) is 21.2 Å². The van der Waals surface area contributed by atoms with Crippen molar-refractivity contribution in [3.63, 3.8) is 0 Å². The van der Waals surface area contributed by atoms with Gasteiger partial charge in [0.15, 0.2) is 0 Å². The summed E-state index contributed by atoms with van der Waals surface area (Å²) in [5.41, 5.74) is 0.572. The maximum atomic E-state index is 12.9. The second-order valence-corrected chi connectivity index (χ2v) is 8.32. The largest absolute Gasteiger partial charge is 0.486 e. The minimum absolute atomic E-state index is 0.180. The molecule has 1 atom stereocenters. The van der Waals surface area contributed by atoms with Crippen molar-refractivity contribution in [2.24, 2.45) is 0 Å². The van der Waals surface area contributed by atoms with E-state index >= 15 is 0 Å². The van der Waals surface area contributed by atoms with Gasteiger partial charge < -0.3 is 14.6 Å². The quantitative estimate of drug-likeness (QED) is 0.745. The summed E-state index contributed by atoms with van der Waals surface area (Å²) in [4.78, 5) is 12.9. The molecule has 4 nitrogen and oxygen atoms in total. The van der Waals surface area contributed by atoms with Gasteiger partial charge in [0, 0.05) is 4.47 Å². The number of carbonyl (C=O) groups excluding carboxylic acids is 1. The lowest BCUT2D eigenvalue weighted by Crippen LogP contribution is -2.41. The van der Waals surface area contributed by atoms with E-state index in [1.54, 1.807) is 6.07 Å². The molecule has 2 aromatic carbocycles. The van der Waals surface area contributed by atoms with Gasteiger partial charge in [-0.25, -0.2) is 0 Å². The SMILES string of the molecule is CC1(C)OB([C@@H](NC(=O)c2ccccc2Br)c2ccccc2)OC1(C)C. The van der Waals surface area contributed by atoms with E-state index in [1.807, 2.05) is 76.2 Å². The van der Waals surface area contributed by atoms with Crippen molar-refractivity contribution in [1.82, 2.24) is 5.32 Å². The third kappa shape index (κ3) is 3.73. The van der Waals surface area contributed by atoms with Crippen molar-refractivity contribution in [2.45, 2.75) is 44.8 Å². The van der Waals surface area contributed by atoms with Crippen LogP contribution in [0.4, 0.5) is 0 Å². The van der Waals surface area contributed by atoms with Crippen LogP contribution < -0.4 is 5.32 Å². The van der Waals surface area contributed by atoms with E-state index in [4.69, 9.17) is 9.31 Å². The summed E-state index contributed by atoms with van der Waals surface area (Å²) >= 11 is 3.44. The second kappa shape index (κ2) is 7.18. The number of hydrogen-bond donors (Lipinski definition) is 1. The Morgan fingerprint density at radius 2 is 1.50 bits per heavy atom. The van der Waals surface area contributed by atoms with Gasteiger partial charge in [-0.3, -0.25) is 4.79 Å². The zero-order chi connectivity index (χ0) is 18.9. The first-order chi connectivity index (χ1) is 12.2. The normalized spacial score (nSPS) is 19.2. The number of benzene rings is 2. The van der Waals surface area contributed by atoms with Crippen LogP contribution >= 0.6 is 15.9 Å². The molecule has 1 aliphatic rings. The standard InChI is InChI=1S/C20H23BBrNO3/c1-19(2)20(3,4)26-21(25-19)17(14-10-6-5-7-11-14)23-18(24)15-12-8-9-13-16(15)22/h5-13,17H,1-4H3,(H,23,24)/t17-/m0/s1. The van der Waals surface area contributed by atoms with Crippen molar-refractivity contribution >= 4 is 29.0 Å². The predicted octanol–water partition coefficient (Wildman–Crippen LogP) is 4.55. The fourth-order valence-electron chi connectivity index (χ4n) is 2.86. The van der Waals surface area contributed by atoms with Crippen molar-refractivity contribution in [3.05, 3.63) is 70.2 Å². The molecule has 1 heterocycles. The monoisotopic (exact) mass is 415 g/mol. The van der Waals surface area contributed by atoms with Crippen LogP contribution in [0.15, 0.2) is 59.1 Å². The lowest BCUT2D eigenvalue weighted by Gasteiger charge is -2.32. The number of halogens is 1. The van der Waals surface area contributed by atoms with Gasteiger partial charge in [-0.2, -0.15) is 0 Å². The highest BCUT2D eigenvalue weighted by atomic mass is 79.9. The summed E-state index contributed by atoms with van der Waals surface area (Å²) in [6.07, 6.45) is 0. The van der Waals surface area contributed by atoms with E-state index in [0.717, 1.165) is 10.0 Å². The Bertz CT molecular complexity index is 779. The summed E-state index contributed by atoms with van der Waals surface area (Å²) in [5, 5.41) is 3.09. The fourth-order valence-corrected chi connectivity index (χ4v) is 3.32. The molecule has 1 aliphatic heterocycles. The molecule has 0 radical (unpaired) electrons. The lowest BCUT2D eigenvalue weighted by molar-refractivity contribution is 0.00578. The van der Waals surface area contributed by atoms with Crippen molar-refractivity contribution in [2.75, 3.05) is 0 Å². The summed E-state index contributed by atoms with van der Waals surface area (Å²) in [7, 11) is -0.575. The number of nitrogens with one attached hydrogen (secondary N) is 1. The van der Waals surface area contributed by atoms with Gasteiger partial charge >= 0.3 is 7.12 Å². The molecular weight excluding hydrogens is 393 g/mol. The molecule has 0 unspecified atom stereocenters. The molecule has 0 aromatic heterocycles. The van der Waals surface area contributed by atoms with Crippen LogP contribution in [0.25, 0.3) is 0 Å². The van der Waals surface area contributed by atoms with Crippen molar-refractivity contribution < 1.29 is 14.1 Å². The van der Waals surface area contributed by atoms with Gasteiger partial charge in [0.2, 0.25) is 0 Å². The number of rotatable bonds is 4. The van der Waals surface area contributed by atoms with Gasteiger partial charge in [-0.15, -0.1) is 0 Å². The molecule has 136 valence electrons. The molecule has 0 saturated carbocycles. The van der Waals surface area contributed by atoms with E-state index in [-0.39, 0.29) is 5.91 Å². The summed E-state index contributed by atoms with van der Waals surface area (Å²) < 4.78 is 13.1. The minimum Gasteiger partial charge on any atom is -0.402 e. The third-order valence-electron chi connectivity index (χ3n) is 5.11. The van der Waals surface area contributed by atoms with Gasteiger partial charge in [-0.1, -0.05) is 42.5 Å². The van der Waals surface area contributed by atoms with Crippen molar-refractivity contribution in [1.29, 1.82) is 0 Å². The van der Waals surface area contributed by atoms with E-state index in [1.165, 1.54) is 0 Å². The van der Waals surface area contributed by atoms with E-state index in [9.17, 15) is 4.79 Å². The van der Waals surface area contributed by atoms with Crippen LogP contribution in [0.3, 0.4) is 0 Å². The highest BCUT2D eigenvalue weighted by molar-refractivity contribution is 9.10. The molecule has 1 N–H and O–H groups in total. The topological polar surface area (TPSA) is 47.6 Å². The number of hydrogen-bond acceptors (Lipinski definition) is 3. The summed E-state index contributed by atoms with van der Waals surface area (Å²) in [6.45, 7) is 8.02. The van der Waals surface area contributed by atoms with Gasteiger partial charge in [0.25, 0.3) is 5.91 Å². The average Bonchev–Trinajstić information content (AvgIpc) is 2.81. The molecule has 0 spiro atoms. The number of amides is 1. The molecule has 1 fully saturated rings. The maximum absolute atomic E-state index is 12.9. The summed E-state index contributed by atoms with van der Waals surface area (Å²) in [5.74, 6) is -0.599. The maximum Gasteiger partial charge on any atom is 0.486 e. The van der Waals surface area contributed by atoms with Crippen molar-refractivity contribution in [3.8, 4) is 0 Å². The predicted molar refractivity (Wildman–Crippen MR) is 107 cm³/mol. The minimum atomic E-state index is -0.575. The Labute approximate surface area is 163 Å². The van der Waals surface area contributed by atoms with Gasteiger partial charge in [-0.05, 0) is 61.3 Å². The van der Waals surface area contributed by atoms with Crippen LogP contribution in [0.5, 0.6) is 0 Å². The first-order valence-corrected chi connectivity index (χ1v) is 9.46. The smallest absolute Gasteiger partial charge is 0.402 e. The van der Waals surface area contributed by atoms with Crippen LogP contribution in [0.1, 0.15) is 49.6 Å².